The van der Waals surface area contributed by atoms with Crippen molar-refractivity contribution in [3.8, 4) is 0 Å². The molecule has 1 aromatic rings. The van der Waals surface area contributed by atoms with E-state index in [1.54, 1.807) is 13.0 Å². The summed E-state index contributed by atoms with van der Waals surface area (Å²) in [5.41, 5.74) is 0.826. The number of thioether (sulfide) groups is 1. The standard InChI is InChI=1S/C10H13ClN2O2S/c1-3-15-10(14)6-16-5-9-12-7(2)4-8(11)13-9/h4H,3,5-6H2,1-2H3. The Bertz CT molecular complexity index is 354. The molecule has 0 saturated heterocycles. The van der Waals surface area contributed by atoms with Crippen LogP contribution in [0.25, 0.3) is 0 Å². The van der Waals surface area contributed by atoms with Crippen LogP contribution in [0.1, 0.15) is 18.4 Å². The zero-order valence-corrected chi connectivity index (χ0v) is 10.8. The molecule has 1 rings (SSSR count). The summed E-state index contributed by atoms with van der Waals surface area (Å²) in [7, 11) is 0. The number of nitrogens with zero attached hydrogens (tertiary/aromatic N) is 2. The van der Waals surface area contributed by atoms with Crippen LogP contribution in [0.3, 0.4) is 0 Å². The molecule has 0 spiro atoms. The van der Waals surface area contributed by atoms with Gasteiger partial charge in [0.15, 0.2) is 0 Å². The lowest BCUT2D eigenvalue weighted by atomic mass is 10.4. The van der Waals surface area contributed by atoms with E-state index in [0.29, 0.717) is 29.1 Å². The van der Waals surface area contributed by atoms with E-state index in [1.807, 2.05) is 6.92 Å². The molecule has 0 amide bonds. The Morgan fingerprint density at radius 3 is 2.94 bits per heavy atom. The second kappa shape index (κ2) is 6.70. The van der Waals surface area contributed by atoms with E-state index in [1.165, 1.54) is 11.8 Å². The Balaban J connectivity index is 2.40. The molecule has 0 atom stereocenters. The van der Waals surface area contributed by atoms with Crippen LogP contribution in [0, 0.1) is 6.92 Å². The van der Waals surface area contributed by atoms with E-state index in [4.69, 9.17) is 16.3 Å². The molecule has 0 fully saturated rings. The van der Waals surface area contributed by atoms with Gasteiger partial charge in [-0.2, -0.15) is 0 Å². The van der Waals surface area contributed by atoms with Gasteiger partial charge in [-0.15, -0.1) is 11.8 Å². The summed E-state index contributed by atoms with van der Waals surface area (Å²) in [4.78, 5) is 19.3. The Kier molecular flexibility index (Phi) is 5.55. The Hall–Kier alpha value is -0.810. The molecule has 4 nitrogen and oxygen atoms in total. The number of aromatic nitrogens is 2. The maximum absolute atomic E-state index is 11.1. The van der Waals surface area contributed by atoms with Gasteiger partial charge in [0.25, 0.3) is 0 Å². The Morgan fingerprint density at radius 1 is 1.56 bits per heavy atom. The number of carbonyl (C=O) groups is 1. The topological polar surface area (TPSA) is 52.1 Å². The summed E-state index contributed by atoms with van der Waals surface area (Å²) in [5, 5.41) is 0.430. The number of hydrogen-bond donors (Lipinski definition) is 0. The van der Waals surface area contributed by atoms with Crippen LogP contribution < -0.4 is 0 Å². The summed E-state index contributed by atoms with van der Waals surface area (Å²) in [6.07, 6.45) is 0. The van der Waals surface area contributed by atoms with Crippen molar-refractivity contribution in [3.05, 3.63) is 22.7 Å². The first-order valence-corrected chi connectivity index (χ1v) is 6.38. The van der Waals surface area contributed by atoms with Crippen molar-refractivity contribution in [2.45, 2.75) is 19.6 Å². The third kappa shape index (κ3) is 4.81. The van der Waals surface area contributed by atoms with Crippen LogP contribution in [0.5, 0.6) is 0 Å². The fraction of sp³-hybridized carbons (Fsp3) is 0.500. The van der Waals surface area contributed by atoms with E-state index >= 15 is 0 Å². The average molecular weight is 261 g/mol. The van der Waals surface area contributed by atoms with Crippen molar-refractivity contribution in [2.75, 3.05) is 12.4 Å². The average Bonchev–Trinajstić information content (AvgIpc) is 2.16. The van der Waals surface area contributed by atoms with Gasteiger partial charge in [-0.3, -0.25) is 4.79 Å². The van der Waals surface area contributed by atoms with Gasteiger partial charge in [0, 0.05) is 5.69 Å². The molecule has 0 aromatic carbocycles. The molecule has 16 heavy (non-hydrogen) atoms. The van der Waals surface area contributed by atoms with Crippen molar-refractivity contribution in [3.63, 3.8) is 0 Å². The molecule has 6 heteroatoms. The number of esters is 1. The van der Waals surface area contributed by atoms with Crippen molar-refractivity contribution < 1.29 is 9.53 Å². The number of rotatable bonds is 5. The van der Waals surface area contributed by atoms with Crippen LogP contribution in [0.4, 0.5) is 0 Å². The SMILES string of the molecule is CCOC(=O)CSCc1nc(C)cc(Cl)n1. The molecule has 0 aliphatic heterocycles. The first kappa shape index (κ1) is 13.3. The Morgan fingerprint density at radius 2 is 2.31 bits per heavy atom. The smallest absolute Gasteiger partial charge is 0.315 e. The number of halogens is 1. The van der Waals surface area contributed by atoms with Crippen LogP contribution in [-0.2, 0) is 15.3 Å². The van der Waals surface area contributed by atoms with Crippen molar-refractivity contribution in [1.82, 2.24) is 9.97 Å². The molecular weight excluding hydrogens is 248 g/mol. The van der Waals surface area contributed by atoms with Crippen molar-refractivity contribution >= 4 is 29.3 Å². The molecule has 0 radical (unpaired) electrons. The van der Waals surface area contributed by atoms with Gasteiger partial charge in [-0.25, -0.2) is 9.97 Å². The molecule has 0 aliphatic carbocycles. The largest absolute Gasteiger partial charge is 0.465 e. The van der Waals surface area contributed by atoms with Gasteiger partial charge < -0.3 is 4.74 Å². The molecule has 0 aliphatic rings. The second-order valence-corrected chi connectivity index (χ2v) is 4.42. The zero-order valence-electron chi connectivity index (χ0n) is 9.20. The normalized spacial score (nSPS) is 10.2. The first-order valence-electron chi connectivity index (χ1n) is 4.85. The Labute approximate surface area is 104 Å². The first-order chi connectivity index (χ1) is 7.61. The third-order valence-corrected chi connectivity index (χ3v) is 2.72. The minimum absolute atomic E-state index is 0.216. The van der Waals surface area contributed by atoms with Crippen LogP contribution in [0.15, 0.2) is 6.07 Å². The van der Waals surface area contributed by atoms with Gasteiger partial charge in [0.1, 0.15) is 11.0 Å². The molecule has 1 heterocycles. The van der Waals surface area contributed by atoms with Gasteiger partial charge >= 0.3 is 5.97 Å². The van der Waals surface area contributed by atoms with Crippen molar-refractivity contribution in [1.29, 1.82) is 0 Å². The van der Waals surface area contributed by atoms with Gasteiger partial charge in [0.05, 0.1) is 18.1 Å². The molecule has 0 saturated carbocycles. The van der Waals surface area contributed by atoms with E-state index in [-0.39, 0.29) is 5.97 Å². The molecule has 0 bridgehead atoms. The number of carbonyl (C=O) groups excluding carboxylic acids is 1. The highest BCUT2D eigenvalue weighted by Crippen LogP contribution is 2.12. The lowest BCUT2D eigenvalue weighted by Gasteiger charge is -2.02. The third-order valence-electron chi connectivity index (χ3n) is 1.63. The van der Waals surface area contributed by atoms with Crippen LogP contribution in [-0.4, -0.2) is 28.3 Å². The van der Waals surface area contributed by atoms with Gasteiger partial charge in [-0.1, -0.05) is 11.6 Å². The highest BCUT2D eigenvalue weighted by atomic mass is 35.5. The molecule has 0 N–H and O–H groups in total. The monoisotopic (exact) mass is 260 g/mol. The van der Waals surface area contributed by atoms with E-state index < -0.39 is 0 Å². The highest BCUT2D eigenvalue weighted by molar-refractivity contribution is 7.99. The highest BCUT2D eigenvalue weighted by Gasteiger charge is 2.04. The fourth-order valence-electron chi connectivity index (χ4n) is 1.08. The summed E-state index contributed by atoms with van der Waals surface area (Å²) in [6.45, 7) is 4.05. The maximum Gasteiger partial charge on any atom is 0.315 e. The minimum atomic E-state index is -0.216. The summed E-state index contributed by atoms with van der Waals surface area (Å²) in [5.74, 6) is 1.29. The lowest BCUT2D eigenvalue weighted by Crippen LogP contribution is -2.07. The zero-order chi connectivity index (χ0) is 12.0. The van der Waals surface area contributed by atoms with Crippen LogP contribution >= 0.6 is 23.4 Å². The quantitative estimate of drug-likeness (QED) is 0.600. The molecule has 1 aromatic heterocycles. The summed E-state index contributed by atoms with van der Waals surface area (Å²) >= 11 is 7.20. The molecule has 0 unspecified atom stereocenters. The fourth-order valence-corrected chi connectivity index (χ4v) is 2.00. The molecule has 88 valence electrons. The van der Waals surface area contributed by atoms with E-state index in [9.17, 15) is 4.79 Å². The predicted octanol–water partition coefficient (Wildman–Crippen LogP) is 2.23. The van der Waals surface area contributed by atoms with Gasteiger partial charge in [-0.05, 0) is 19.9 Å². The lowest BCUT2D eigenvalue weighted by molar-refractivity contribution is -0.139. The number of ether oxygens (including phenoxy) is 1. The van der Waals surface area contributed by atoms with E-state index in [2.05, 4.69) is 9.97 Å². The summed E-state index contributed by atoms with van der Waals surface area (Å²) in [6, 6.07) is 1.70. The maximum atomic E-state index is 11.1. The predicted molar refractivity (Wildman–Crippen MR) is 64.6 cm³/mol. The molecular formula is C10H13ClN2O2S. The van der Waals surface area contributed by atoms with Gasteiger partial charge in [0.2, 0.25) is 0 Å². The van der Waals surface area contributed by atoms with Crippen molar-refractivity contribution in [2.24, 2.45) is 0 Å². The number of aryl methyl sites for hydroxylation is 1. The number of hydrogen-bond acceptors (Lipinski definition) is 5. The minimum Gasteiger partial charge on any atom is -0.465 e. The van der Waals surface area contributed by atoms with E-state index in [0.717, 1.165) is 5.69 Å². The summed E-state index contributed by atoms with van der Waals surface area (Å²) < 4.78 is 4.80. The second-order valence-electron chi connectivity index (χ2n) is 3.05. The van der Waals surface area contributed by atoms with Crippen LogP contribution in [0.2, 0.25) is 5.15 Å².